The number of hydrogen-bond acceptors (Lipinski definition) is 10. The second-order valence-corrected chi connectivity index (χ2v) is 8.49. The van der Waals surface area contributed by atoms with E-state index in [-0.39, 0.29) is 25.2 Å². The lowest BCUT2D eigenvalue weighted by Gasteiger charge is -2.29. The number of nitrogens with two attached hydrogens (primary N) is 1. The Hall–Kier alpha value is -0.820. The quantitative estimate of drug-likeness (QED) is 0.133. The predicted octanol–water partition coefficient (Wildman–Crippen LogP) is 0.559. The second-order valence-electron chi connectivity index (χ2n) is 6.89. The van der Waals surface area contributed by atoms with E-state index in [9.17, 15) is 18.3 Å². The maximum atomic E-state index is 11.4. The van der Waals surface area contributed by atoms with Gasteiger partial charge in [0, 0.05) is 19.6 Å². The van der Waals surface area contributed by atoms with Crippen LogP contribution in [0.25, 0.3) is 0 Å². The summed E-state index contributed by atoms with van der Waals surface area (Å²) in [4.78, 5) is 11.1. The van der Waals surface area contributed by atoms with Crippen molar-refractivity contribution >= 4 is 16.1 Å². The summed E-state index contributed by atoms with van der Waals surface area (Å²) >= 11 is 0. The molecule has 0 unspecified atom stereocenters. The Kier molecular flexibility index (Phi) is 15.5. The average Bonchev–Trinajstić information content (AvgIpc) is 2.62. The minimum atomic E-state index is -3.72. The van der Waals surface area contributed by atoms with Crippen molar-refractivity contribution < 1.29 is 41.4 Å². The molecule has 0 aromatic rings. The molecule has 3 N–H and O–H groups in total. The van der Waals surface area contributed by atoms with Gasteiger partial charge in [0.1, 0.15) is 19.0 Å². The van der Waals surface area contributed by atoms with Gasteiger partial charge in [-0.05, 0) is 26.2 Å². The first-order valence-electron chi connectivity index (χ1n) is 9.67. The van der Waals surface area contributed by atoms with Crippen molar-refractivity contribution in [3.05, 3.63) is 0 Å². The first kappa shape index (κ1) is 28.2. The zero-order valence-corrected chi connectivity index (χ0v) is 18.7. The Bertz CT molecular complexity index is 529. The number of aliphatic hydroxyl groups excluding tert-OH is 1. The minimum absolute atomic E-state index is 0.148. The van der Waals surface area contributed by atoms with Crippen molar-refractivity contribution in [2.75, 3.05) is 40.5 Å². The Morgan fingerprint density at radius 1 is 1.14 bits per heavy atom. The highest BCUT2D eigenvalue weighted by Crippen LogP contribution is 2.17. The van der Waals surface area contributed by atoms with Crippen LogP contribution >= 0.6 is 0 Å². The molecule has 0 heterocycles. The molecule has 0 radical (unpaired) electrons. The summed E-state index contributed by atoms with van der Waals surface area (Å²) in [6, 6.07) is -0.311. The molecular formula is C18H37NO9S. The van der Waals surface area contributed by atoms with Crippen LogP contribution in [0.15, 0.2) is 0 Å². The third-order valence-electron chi connectivity index (χ3n) is 4.17. The fraction of sp³-hybridized carbons (Fsp3) is 0.944. The first-order valence-corrected chi connectivity index (χ1v) is 11.5. The van der Waals surface area contributed by atoms with Gasteiger partial charge in [-0.15, -0.1) is 0 Å². The summed E-state index contributed by atoms with van der Waals surface area (Å²) in [5.41, 5.74) is 6.09. The van der Waals surface area contributed by atoms with Crippen LogP contribution in [0.5, 0.6) is 0 Å². The van der Waals surface area contributed by atoms with Crippen LogP contribution in [-0.2, 0) is 38.0 Å². The van der Waals surface area contributed by atoms with E-state index in [0.29, 0.717) is 32.5 Å². The van der Waals surface area contributed by atoms with Gasteiger partial charge in [0.15, 0.2) is 0 Å². The first-order chi connectivity index (χ1) is 13.6. The zero-order chi connectivity index (χ0) is 22.3. The van der Waals surface area contributed by atoms with Crippen molar-refractivity contribution in [3.63, 3.8) is 0 Å². The van der Waals surface area contributed by atoms with Gasteiger partial charge in [0.05, 0.1) is 32.7 Å². The van der Waals surface area contributed by atoms with E-state index in [0.717, 1.165) is 19.1 Å². The molecule has 29 heavy (non-hydrogen) atoms. The standard InChI is InChI=1S/C18H37NO9S/c1-14(28-29(4,22)23)18(27-13-26-11-10-24-2)16(20)12-15(19)8-6-5-7-9-17(21)25-3/h14-16,18,20H,5-13,19H2,1-4H3/t14-,15-,16+,18-/m1/s1. The van der Waals surface area contributed by atoms with E-state index in [1.54, 1.807) is 0 Å². The van der Waals surface area contributed by atoms with Crippen molar-refractivity contribution in [2.24, 2.45) is 5.73 Å². The normalized spacial score (nSPS) is 16.2. The van der Waals surface area contributed by atoms with Crippen molar-refractivity contribution in [2.45, 2.75) is 69.8 Å². The number of esters is 1. The fourth-order valence-corrected chi connectivity index (χ4v) is 3.40. The van der Waals surface area contributed by atoms with Gasteiger partial charge in [-0.3, -0.25) is 8.98 Å². The molecule has 0 fully saturated rings. The lowest BCUT2D eigenvalue weighted by molar-refractivity contribution is -0.155. The number of rotatable bonds is 18. The molecule has 0 saturated carbocycles. The summed E-state index contributed by atoms with van der Waals surface area (Å²) < 4.78 is 48.0. The van der Waals surface area contributed by atoms with E-state index in [2.05, 4.69) is 4.74 Å². The van der Waals surface area contributed by atoms with Crippen LogP contribution in [0.2, 0.25) is 0 Å². The summed E-state index contributed by atoms with van der Waals surface area (Å²) in [5.74, 6) is -0.239. The molecular weight excluding hydrogens is 406 g/mol. The van der Waals surface area contributed by atoms with E-state index in [1.807, 2.05) is 0 Å². The Balaban J connectivity index is 4.50. The molecule has 0 aliphatic carbocycles. The Morgan fingerprint density at radius 2 is 1.83 bits per heavy atom. The molecule has 4 atom stereocenters. The van der Waals surface area contributed by atoms with Gasteiger partial charge < -0.3 is 29.8 Å². The van der Waals surface area contributed by atoms with E-state index < -0.39 is 28.4 Å². The number of ether oxygens (including phenoxy) is 4. The van der Waals surface area contributed by atoms with Gasteiger partial charge in [-0.2, -0.15) is 8.42 Å². The molecule has 0 spiro atoms. The molecule has 174 valence electrons. The third-order valence-corrected chi connectivity index (χ3v) is 4.82. The number of carbonyl (C=O) groups is 1. The molecule has 10 nitrogen and oxygen atoms in total. The molecule has 11 heteroatoms. The molecule has 0 bridgehead atoms. The summed E-state index contributed by atoms with van der Waals surface area (Å²) in [6.45, 7) is 2.03. The van der Waals surface area contributed by atoms with E-state index >= 15 is 0 Å². The largest absolute Gasteiger partial charge is 0.469 e. The van der Waals surface area contributed by atoms with E-state index in [4.69, 9.17) is 24.1 Å². The maximum Gasteiger partial charge on any atom is 0.305 e. The van der Waals surface area contributed by atoms with Gasteiger partial charge in [0.25, 0.3) is 10.1 Å². The zero-order valence-electron chi connectivity index (χ0n) is 17.9. The predicted molar refractivity (Wildman–Crippen MR) is 107 cm³/mol. The van der Waals surface area contributed by atoms with Crippen LogP contribution in [0.4, 0.5) is 0 Å². The number of carbonyl (C=O) groups excluding carboxylic acids is 1. The van der Waals surface area contributed by atoms with Crippen LogP contribution in [0, 0.1) is 0 Å². The summed E-state index contributed by atoms with van der Waals surface area (Å²) in [6.07, 6.45) is 1.60. The molecule has 0 aromatic carbocycles. The highest BCUT2D eigenvalue weighted by atomic mass is 32.2. The molecule has 0 aromatic heterocycles. The highest BCUT2D eigenvalue weighted by Gasteiger charge is 2.30. The molecule has 0 aliphatic heterocycles. The van der Waals surface area contributed by atoms with Crippen LogP contribution in [0.1, 0.15) is 45.4 Å². The number of unbranched alkanes of at least 4 members (excludes halogenated alkanes) is 2. The van der Waals surface area contributed by atoms with E-state index in [1.165, 1.54) is 21.1 Å². The molecule has 0 amide bonds. The topological polar surface area (TPSA) is 144 Å². The number of aliphatic hydroxyl groups is 1. The summed E-state index contributed by atoms with van der Waals surface area (Å²) in [5, 5.41) is 10.5. The summed E-state index contributed by atoms with van der Waals surface area (Å²) in [7, 11) is -0.827. The van der Waals surface area contributed by atoms with Gasteiger partial charge in [-0.1, -0.05) is 12.8 Å². The van der Waals surface area contributed by atoms with Crippen molar-refractivity contribution in [1.29, 1.82) is 0 Å². The number of hydrogen-bond donors (Lipinski definition) is 2. The molecule has 0 aliphatic rings. The molecule has 0 rings (SSSR count). The van der Waals surface area contributed by atoms with Gasteiger partial charge >= 0.3 is 5.97 Å². The fourth-order valence-electron chi connectivity index (χ4n) is 2.73. The Labute approximate surface area is 174 Å². The lowest BCUT2D eigenvalue weighted by Crippen LogP contribution is -2.43. The van der Waals surface area contributed by atoms with Crippen LogP contribution < -0.4 is 5.73 Å². The maximum absolute atomic E-state index is 11.4. The second kappa shape index (κ2) is 15.9. The highest BCUT2D eigenvalue weighted by molar-refractivity contribution is 7.86. The SMILES string of the molecule is COCCOCO[C@@H]([C@@H](O)C[C@H](N)CCCCCC(=O)OC)[C@@H](C)OS(C)(=O)=O. The lowest BCUT2D eigenvalue weighted by atomic mass is 9.98. The molecule has 0 saturated heterocycles. The average molecular weight is 444 g/mol. The van der Waals surface area contributed by atoms with Gasteiger partial charge in [0.2, 0.25) is 0 Å². The monoisotopic (exact) mass is 443 g/mol. The van der Waals surface area contributed by atoms with Crippen molar-refractivity contribution in [3.8, 4) is 0 Å². The minimum Gasteiger partial charge on any atom is -0.469 e. The van der Waals surface area contributed by atoms with Crippen LogP contribution in [0.3, 0.4) is 0 Å². The Morgan fingerprint density at radius 3 is 2.41 bits per heavy atom. The smallest absolute Gasteiger partial charge is 0.305 e. The third kappa shape index (κ3) is 15.7. The van der Waals surface area contributed by atoms with Crippen LogP contribution in [-0.4, -0.2) is 84.3 Å². The number of methoxy groups -OCH3 is 2. The van der Waals surface area contributed by atoms with Gasteiger partial charge in [-0.25, -0.2) is 0 Å². The van der Waals surface area contributed by atoms with Crippen molar-refractivity contribution in [1.82, 2.24) is 0 Å².